The van der Waals surface area contributed by atoms with Gasteiger partial charge in [-0.15, -0.1) is 0 Å². The largest absolute Gasteiger partial charge is 0.478 e. The molecule has 0 fully saturated rings. The summed E-state index contributed by atoms with van der Waals surface area (Å²) in [7, 11) is -3.41. The molecule has 0 aliphatic carbocycles. The molecule has 1 heterocycles. The topological polar surface area (TPSA) is 76.4 Å². The smallest absolute Gasteiger partial charge is 0.337 e. The van der Waals surface area contributed by atoms with Gasteiger partial charge in [0.15, 0.2) is 9.84 Å². The molecule has 0 radical (unpaired) electrons. The van der Waals surface area contributed by atoms with E-state index in [1.54, 1.807) is 22.8 Å². The Morgan fingerprint density at radius 3 is 2.42 bits per heavy atom. The quantitative estimate of drug-likeness (QED) is 0.770. The minimum Gasteiger partial charge on any atom is -0.478 e. The average molecular weight is 364 g/mol. The Hall–Kier alpha value is -2.31. The highest BCUT2D eigenvalue weighted by Crippen LogP contribution is 2.26. The van der Waals surface area contributed by atoms with E-state index in [1.807, 2.05) is 12.1 Å². The second-order valence-electron chi connectivity index (χ2n) is 5.55. The summed E-state index contributed by atoms with van der Waals surface area (Å²) in [6.45, 7) is 0.458. The van der Waals surface area contributed by atoms with Gasteiger partial charge < -0.3 is 9.67 Å². The van der Waals surface area contributed by atoms with Gasteiger partial charge in [0.05, 0.1) is 10.5 Å². The Balaban J connectivity index is 2.15. The van der Waals surface area contributed by atoms with Crippen LogP contribution in [0.2, 0.25) is 5.02 Å². The monoisotopic (exact) mass is 363 g/mol. The molecule has 0 amide bonds. The highest BCUT2D eigenvalue weighted by atomic mass is 35.5. The molecule has 0 aliphatic rings. The third-order valence-corrected chi connectivity index (χ3v) is 5.14. The lowest BCUT2D eigenvalue weighted by atomic mass is 10.2. The van der Waals surface area contributed by atoms with Gasteiger partial charge in [-0.25, -0.2) is 13.2 Å². The van der Waals surface area contributed by atoms with Gasteiger partial charge in [-0.3, -0.25) is 0 Å². The van der Waals surface area contributed by atoms with Crippen molar-refractivity contribution in [1.29, 1.82) is 0 Å². The van der Waals surface area contributed by atoms with Crippen molar-refractivity contribution in [3.05, 3.63) is 64.8 Å². The van der Waals surface area contributed by atoms with Crippen LogP contribution in [0, 0.1) is 0 Å². The number of benzene rings is 2. The Labute approximate surface area is 144 Å². The first kappa shape index (κ1) is 16.5. The van der Waals surface area contributed by atoms with Crippen molar-refractivity contribution in [2.24, 2.45) is 0 Å². The third-order valence-electron chi connectivity index (χ3n) is 3.78. The van der Waals surface area contributed by atoms with E-state index in [0.29, 0.717) is 22.5 Å². The summed E-state index contributed by atoms with van der Waals surface area (Å²) in [6.07, 6.45) is 2.62. The highest BCUT2D eigenvalue weighted by molar-refractivity contribution is 7.90. The lowest BCUT2D eigenvalue weighted by Crippen LogP contribution is -1.99. The number of hydrogen-bond acceptors (Lipinski definition) is 3. The van der Waals surface area contributed by atoms with Crippen molar-refractivity contribution in [3.63, 3.8) is 0 Å². The van der Waals surface area contributed by atoms with Gasteiger partial charge in [0, 0.05) is 34.9 Å². The number of carboxylic acid groups (broad SMARTS) is 1. The molecule has 0 aliphatic heterocycles. The zero-order valence-electron chi connectivity index (χ0n) is 12.7. The number of carboxylic acids is 1. The molecule has 3 aromatic rings. The van der Waals surface area contributed by atoms with Crippen molar-refractivity contribution in [3.8, 4) is 0 Å². The van der Waals surface area contributed by atoms with Crippen LogP contribution in [0.1, 0.15) is 15.9 Å². The molecule has 0 saturated heterocycles. The molecule has 1 aromatic heterocycles. The molecule has 0 saturated carbocycles. The summed E-state index contributed by atoms with van der Waals surface area (Å²) in [5.74, 6) is -1.10. The fourth-order valence-corrected chi connectivity index (χ4v) is 3.37. The summed E-state index contributed by atoms with van der Waals surface area (Å²) >= 11 is 5.87. The third kappa shape index (κ3) is 3.16. The van der Waals surface area contributed by atoms with Crippen LogP contribution in [-0.4, -0.2) is 30.3 Å². The van der Waals surface area contributed by atoms with Crippen LogP contribution in [0.4, 0.5) is 0 Å². The zero-order valence-corrected chi connectivity index (χ0v) is 14.3. The Morgan fingerprint density at radius 2 is 1.83 bits per heavy atom. The Bertz CT molecular complexity index is 1040. The fourth-order valence-electron chi connectivity index (χ4n) is 2.59. The van der Waals surface area contributed by atoms with Crippen molar-refractivity contribution in [1.82, 2.24) is 4.57 Å². The summed E-state index contributed by atoms with van der Waals surface area (Å²) < 4.78 is 25.2. The van der Waals surface area contributed by atoms with Crippen LogP contribution >= 0.6 is 11.6 Å². The van der Waals surface area contributed by atoms with Crippen molar-refractivity contribution < 1.29 is 18.3 Å². The van der Waals surface area contributed by atoms with Gasteiger partial charge in [-0.05, 0) is 35.9 Å². The van der Waals surface area contributed by atoms with Gasteiger partial charge in [-0.2, -0.15) is 0 Å². The number of sulfone groups is 1. The number of aromatic nitrogens is 1. The number of nitrogens with zero attached hydrogens (tertiary/aromatic N) is 1. The molecular formula is C17H14ClNO4S. The molecule has 0 unspecified atom stereocenters. The van der Waals surface area contributed by atoms with Crippen LogP contribution in [0.15, 0.2) is 53.6 Å². The van der Waals surface area contributed by atoms with E-state index in [4.69, 9.17) is 11.6 Å². The van der Waals surface area contributed by atoms with E-state index in [0.717, 1.165) is 11.8 Å². The van der Waals surface area contributed by atoms with Crippen LogP contribution in [0.3, 0.4) is 0 Å². The molecule has 124 valence electrons. The second kappa shape index (κ2) is 5.96. The zero-order chi connectivity index (χ0) is 17.5. The average Bonchev–Trinajstić information content (AvgIpc) is 2.87. The van der Waals surface area contributed by atoms with Gasteiger partial charge >= 0.3 is 5.97 Å². The standard InChI is InChI=1S/C17H14ClNO4S/c1-24(22,23)13-6-7-16-14(8-13)15(17(20)21)10-19(16)9-11-2-4-12(18)5-3-11/h2-8,10H,9H2,1H3,(H,20,21). The fraction of sp³-hybridized carbons (Fsp3) is 0.118. The summed E-state index contributed by atoms with van der Waals surface area (Å²) in [6, 6.07) is 11.8. The molecule has 3 rings (SSSR count). The molecule has 1 N–H and O–H groups in total. The number of halogens is 1. The van der Waals surface area contributed by atoms with Crippen LogP contribution < -0.4 is 0 Å². The van der Waals surface area contributed by atoms with Gasteiger partial charge in [0.1, 0.15) is 0 Å². The minimum absolute atomic E-state index is 0.0736. The predicted octanol–water partition coefficient (Wildman–Crippen LogP) is 3.44. The van der Waals surface area contributed by atoms with Crippen LogP contribution in [0.25, 0.3) is 10.9 Å². The number of rotatable bonds is 4. The van der Waals surface area contributed by atoms with E-state index in [9.17, 15) is 18.3 Å². The highest BCUT2D eigenvalue weighted by Gasteiger charge is 2.17. The lowest BCUT2D eigenvalue weighted by molar-refractivity contribution is 0.0698. The minimum atomic E-state index is -3.41. The molecule has 0 bridgehead atoms. The van der Waals surface area contributed by atoms with E-state index < -0.39 is 15.8 Å². The maximum Gasteiger partial charge on any atom is 0.337 e. The van der Waals surface area contributed by atoms with E-state index in [2.05, 4.69) is 0 Å². The SMILES string of the molecule is CS(=O)(=O)c1ccc2c(c1)c(C(=O)O)cn2Cc1ccc(Cl)cc1. The van der Waals surface area contributed by atoms with Crippen molar-refractivity contribution in [2.75, 3.05) is 6.26 Å². The number of fused-ring (bicyclic) bond motifs is 1. The van der Waals surface area contributed by atoms with E-state index >= 15 is 0 Å². The van der Waals surface area contributed by atoms with Crippen LogP contribution in [0.5, 0.6) is 0 Å². The Kier molecular flexibility index (Phi) is 4.11. The maximum absolute atomic E-state index is 11.7. The lowest BCUT2D eigenvalue weighted by Gasteiger charge is -2.06. The summed E-state index contributed by atoms with van der Waals surface area (Å²) in [5.41, 5.74) is 1.69. The first-order valence-electron chi connectivity index (χ1n) is 7.06. The van der Waals surface area contributed by atoms with Crippen molar-refractivity contribution in [2.45, 2.75) is 11.4 Å². The molecular weight excluding hydrogens is 350 g/mol. The number of aromatic carboxylic acids is 1. The Morgan fingerprint density at radius 1 is 1.17 bits per heavy atom. The number of hydrogen-bond donors (Lipinski definition) is 1. The predicted molar refractivity (Wildman–Crippen MR) is 92.6 cm³/mol. The molecule has 0 atom stereocenters. The first-order valence-corrected chi connectivity index (χ1v) is 9.33. The number of carbonyl (C=O) groups is 1. The maximum atomic E-state index is 11.7. The second-order valence-corrected chi connectivity index (χ2v) is 8.01. The van der Waals surface area contributed by atoms with Gasteiger partial charge in [0.2, 0.25) is 0 Å². The normalized spacial score (nSPS) is 11.8. The van der Waals surface area contributed by atoms with Crippen molar-refractivity contribution >= 4 is 38.3 Å². The molecule has 0 spiro atoms. The first-order chi connectivity index (χ1) is 11.3. The van der Waals surface area contributed by atoms with Crippen LogP contribution in [-0.2, 0) is 16.4 Å². The van der Waals surface area contributed by atoms with E-state index in [-0.39, 0.29) is 10.5 Å². The van der Waals surface area contributed by atoms with Gasteiger partial charge in [0.25, 0.3) is 0 Å². The summed E-state index contributed by atoms with van der Waals surface area (Å²) in [5, 5.41) is 10.4. The van der Waals surface area contributed by atoms with E-state index in [1.165, 1.54) is 18.3 Å². The summed E-state index contributed by atoms with van der Waals surface area (Å²) in [4.78, 5) is 11.6. The molecule has 5 nitrogen and oxygen atoms in total. The molecule has 2 aromatic carbocycles. The van der Waals surface area contributed by atoms with Gasteiger partial charge in [-0.1, -0.05) is 23.7 Å². The molecule has 7 heteroatoms. The molecule has 24 heavy (non-hydrogen) atoms.